The number of hydrogen-bond acceptors (Lipinski definition) is 3. The second-order valence-corrected chi connectivity index (χ2v) is 5.10. The summed E-state index contributed by atoms with van der Waals surface area (Å²) in [5.74, 6) is -0.565. The Hall–Kier alpha value is -2.04. The minimum Gasteiger partial charge on any atom is -0.481 e. The topological polar surface area (TPSA) is 69.6 Å². The minimum atomic E-state index is -0.867. The first-order valence-corrected chi connectivity index (χ1v) is 6.77. The van der Waals surface area contributed by atoms with Crippen LogP contribution >= 0.6 is 0 Å². The van der Waals surface area contributed by atoms with Crippen LogP contribution in [0.3, 0.4) is 0 Å². The molecule has 1 aromatic rings. The Balaban J connectivity index is 2.63. The second kappa shape index (κ2) is 8.19. The molecule has 110 valence electrons. The highest BCUT2D eigenvalue weighted by atomic mass is 16.4. The van der Waals surface area contributed by atoms with Gasteiger partial charge >= 0.3 is 5.97 Å². The summed E-state index contributed by atoms with van der Waals surface area (Å²) in [5, 5.41) is 11.6. The zero-order valence-electron chi connectivity index (χ0n) is 12.0. The number of benzene rings is 1. The maximum absolute atomic E-state index is 11.9. The third-order valence-electron chi connectivity index (χ3n) is 2.76. The van der Waals surface area contributed by atoms with Crippen molar-refractivity contribution in [3.05, 3.63) is 30.3 Å². The monoisotopic (exact) mass is 278 g/mol. The average molecular weight is 278 g/mol. The predicted molar refractivity (Wildman–Crippen MR) is 78.8 cm³/mol. The van der Waals surface area contributed by atoms with Crippen molar-refractivity contribution in [1.82, 2.24) is 5.32 Å². The van der Waals surface area contributed by atoms with Gasteiger partial charge in [-0.3, -0.25) is 9.59 Å². The molecule has 2 N–H and O–H groups in total. The first-order valence-electron chi connectivity index (χ1n) is 6.77. The van der Waals surface area contributed by atoms with Gasteiger partial charge in [0.2, 0.25) is 5.91 Å². The van der Waals surface area contributed by atoms with Gasteiger partial charge in [-0.2, -0.15) is 0 Å². The van der Waals surface area contributed by atoms with Gasteiger partial charge in [0.05, 0.1) is 13.0 Å². The van der Waals surface area contributed by atoms with E-state index in [4.69, 9.17) is 5.11 Å². The molecule has 0 heterocycles. The SMILES string of the molecule is CC(C)CNC(=O)CN(CCC(=O)O)c1ccccc1. The normalized spacial score (nSPS) is 10.3. The Kier molecular flexibility index (Phi) is 6.56. The Morgan fingerprint density at radius 2 is 1.90 bits per heavy atom. The maximum atomic E-state index is 11.9. The van der Waals surface area contributed by atoms with Crippen molar-refractivity contribution >= 4 is 17.6 Å². The molecule has 0 unspecified atom stereocenters. The van der Waals surface area contributed by atoms with Crippen molar-refractivity contribution in [1.29, 1.82) is 0 Å². The highest BCUT2D eigenvalue weighted by Gasteiger charge is 2.13. The van der Waals surface area contributed by atoms with Crippen molar-refractivity contribution in [3.63, 3.8) is 0 Å². The number of anilines is 1. The molecule has 1 amide bonds. The lowest BCUT2D eigenvalue weighted by Crippen LogP contribution is -2.39. The summed E-state index contributed by atoms with van der Waals surface area (Å²) in [4.78, 5) is 24.4. The van der Waals surface area contributed by atoms with Gasteiger partial charge in [0.1, 0.15) is 0 Å². The van der Waals surface area contributed by atoms with Gasteiger partial charge in [-0.1, -0.05) is 32.0 Å². The summed E-state index contributed by atoms with van der Waals surface area (Å²) in [6.45, 7) is 5.16. The van der Waals surface area contributed by atoms with Gasteiger partial charge in [-0.25, -0.2) is 0 Å². The molecule has 1 rings (SSSR count). The molecule has 0 aromatic heterocycles. The molecule has 0 aliphatic carbocycles. The van der Waals surface area contributed by atoms with E-state index in [1.54, 1.807) is 4.90 Å². The number of aliphatic carboxylic acids is 1. The third kappa shape index (κ3) is 6.22. The summed E-state index contributed by atoms with van der Waals surface area (Å²) in [6.07, 6.45) is 0.00630. The van der Waals surface area contributed by atoms with E-state index in [-0.39, 0.29) is 18.9 Å². The summed E-state index contributed by atoms with van der Waals surface area (Å²) in [7, 11) is 0. The van der Waals surface area contributed by atoms with Gasteiger partial charge < -0.3 is 15.3 Å². The number of carboxylic acids is 1. The fraction of sp³-hybridized carbons (Fsp3) is 0.467. The smallest absolute Gasteiger partial charge is 0.305 e. The van der Waals surface area contributed by atoms with Gasteiger partial charge in [0, 0.05) is 18.8 Å². The van der Waals surface area contributed by atoms with Crippen LogP contribution < -0.4 is 10.2 Å². The van der Waals surface area contributed by atoms with Crippen LogP contribution in [0.25, 0.3) is 0 Å². The van der Waals surface area contributed by atoms with E-state index in [0.717, 1.165) is 5.69 Å². The Morgan fingerprint density at radius 3 is 2.45 bits per heavy atom. The molecule has 0 bridgehead atoms. The predicted octanol–water partition coefficient (Wildman–Crippen LogP) is 1.74. The summed E-state index contributed by atoms with van der Waals surface area (Å²) >= 11 is 0. The van der Waals surface area contributed by atoms with Crippen LogP contribution in [0.4, 0.5) is 5.69 Å². The molecule has 0 fully saturated rings. The minimum absolute atomic E-state index is 0.00630. The van der Waals surface area contributed by atoms with Crippen molar-refractivity contribution in [2.24, 2.45) is 5.92 Å². The summed E-state index contributed by atoms with van der Waals surface area (Å²) in [5.41, 5.74) is 0.855. The fourth-order valence-corrected chi connectivity index (χ4v) is 1.72. The van der Waals surface area contributed by atoms with Crippen molar-refractivity contribution in [2.45, 2.75) is 20.3 Å². The molecule has 0 atom stereocenters. The van der Waals surface area contributed by atoms with E-state index in [9.17, 15) is 9.59 Å². The molecule has 0 spiro atoms. The molecule has 1 aromatic carbocycles. The second-order valence-electron chi connectivity index (χ2n) is 5.10. The molecule has 5 nitrogen and oxygen atoms in total. The number of rotatable bonds is 8. The van der Waals surface area contributed by atoms with Crippen molar-refractivity contribution in [3.8, 4) is 0 Å². The molecule has 0 aliphatic rings. The molecule has 0 saturated carbocycles. The molecule has 0 saturated heterocycles. The molecule has 0 aliphatic heterocycles. The highest BCUT2D eigenvalue weighted by molar-refractivity contribution is 5.81. The zero-order valence-corrected chi connectivity index (χ0v) is 12.0. The number of carboxylic acid groups (broad SMARTS) is 1. The quantitative estimate of drug-likeness (QED) is 0.760. The van der Waals surface area contributed by atoms with E-state index in [2.05, 4.69) is 5.32 Å². The lowest BCUT2D eigenvalue weighted by atomic mass is 10.2. The lowest BCUT2D eigenvalue weighted by Gasteiger charge is -2.23. The number of para-hydroxylation sites is 1. The van der Waals surface area contributed by atoms with Crippen LogP contribution in [0.1, 0.15) is 20.3 Å². The molecule has 0 radical (unpaired) electrons. The number of nitrogens with zero attached hydrogens (tertiary/aromatic N) is 1. The standard InChI is InChI=1S/C15H22N2O3/c1-12(2)10-16-14(18)11-17(9-8-15(19)20)13-6-4-3-5-7-13/h3-7,12H,8-11H2,1-2H3,(H,16,18)(H,19,20). The Bertz CT molecular complexity index is 432. The largest absolute Gasteiger partial charge is 0.481 e. The van der Waals surface area contributed by atoms with Crippen LogP contribution in [-0.4, -0.2) is 36.6 Å². The molecular formula is C15H22N2O3. The summed E-state index contributed by atoms with van der Waals surface area (Å²) < 4.78 is 0. The van der Waals surface area contributed by atoms with E-state index < -0.39 is 5.97 Å². The number of nitrogens with one attached hydrogen (secondary N) is 1. The first-order chi connectivity index (χ1) is 9.49. The number of hydrogen-bond donors (Lipinski definition) is 2. The van der Waals surface area contributed by atoms with Gasteiger partial charge in [0.25, 0.3) is 0 Å². The third-order valence-corrected chi connectivity index (χ3v) is 2.76. The highest BCUT2D eigenvalue weighted by Crippen LogP contribution is 2.13. The van der Waals surface area contributed by atoms with Crippen LogP contribution in [0.15, 0.2) is 30.3 Å². The Morgan fingerprint density at radius 1 is 1.25 bits per heavy atom. The average Bonchev–Trinajstić information content (AvgIpc) is 2.42. The Labute approximate surface area is 119 Å². The van der Waals surface area contributed by atoms with E-state index in [1.165, 1.54) is 0 Å². The van der Waals surface area contributed by atoms with Crippen LogP contribution in [0.2, 0.25) is 0 Å². The first kappa shape index (κ1) is 16.0. The summed E-state index contributed by atoms with van der Waals surface area (Å²) in [6, 6.07) is 9.37. The van der Waals surface area contributed by atoms with Gasteiger partial charge in [-0.15, -0.1) is 0 Å². The number of amides is 1. The van der Waals surface area contributed by atoms with E-state index >= 15 is 0 Å². The van der Waals surface area contributed by atoms with E-state index in [0.29, 0.717) is 19.0 Å². The van der Waals surface area contributed by atoms with Crippen LogP contribution in [-0.2, 0) is 9.59 Å². The van der Waals surface area contributed by atoms with Crippen molar-refractivity contribution in [2.75, 3.05) is 24.5 Å². The molecular weight excluding hydrogens is 256 g/mol. The fourth-order valence-electron chi connectivity index (χ4n) is 1.72. The van der Waals surface area contributed by atoms with Crippen LogP contribution in [0, 0.1) is 5.92 Å². The zero-order chi connectivity index (χ0) is 15.0. The van der Waals surface area contributed by atoms with E-state index in [1.807, 2.05) is 44.2 Å². The van der Waals surface area contributed by atoms with Crippen molar-refractivity contribution < 1.29 is 14.7 Å². The maximum Gasteiger partial charge on any atom is 0.305 e. The van der Waals surface area contributed by atoms with Gasteiger partial charge in [0.15, 0.2) is 0 Å². The van der Waals surface area contributed by atoms with Crippen LogP contribution in [0.5, 0.6) is 0 Å². The molecule has 20 heavy (non-hydrogen) atoms. The van der Waals surface area contributed by atoms with Gasteiger partial charge in [-0.05, 0) is 18.1 Å². The number of carbonyl (C=O) groups excluding carboxylic acids is 1. The molecule has 5 heteroatoms. The lowest BCUT2D eigenvalue weighted by molar-refractivity contribution is -0.136. The number of carbonyl (C=O) groups is 2.